The summed E-state index contributed by atoms with van der Waals surface area (Å²) < 4.78 is -0.444. The molecule has 2 rings (SSSR count). The van der Waals surface area contributed by atoms with Crippen LogP contribution >= 0.6 is 25.3 Å². The van der Waals surface area contributed by atoms with E-state index in [0.717, 1.165) is 11.0 Å². The van der Waals surface area contributed by atoms with Crippen LogP contribution < -0.4 is 0 Å². The van der Waals surface area contributed by atoms with Gasteiger partial charge in [0.05, 0.1) is 11.0 Å². The number of hydrogen-bond acceptors (Lipinski definition) is 3. The smallest absolute Gasteiger partial charge is 0.239 e. The van der Waals surface area contributed by atoms with Gasteiger partial charge in [0.25, 0.3) is 0 Å². The SMILES string of the molecule is O=C(S)S.c1ccc2nccnc2c1. The normalized spacial score (nSPS) is 9.00. The van der Waals surface area contributed by atoms with Crippen molar-refractivity contribution in [1.29, 1.82) is 0 Å². The molecule has 0 fully saturated rings. The maximum Gasteiger partial charge on any atom is 0.239 e. The zero-order valence-electron chi connectivity index (χ0n) is 7.16. The molecule has 0 bridgehead atoms. The molecule has 14 heavy (non-hydrogen) atoms. The minimum atomic E-state index is -0.444. The lowest BCUT2D eigenvalue weighted by atomic mass is 10.3. The van der Waals surface area contributed by atoms with E-state index < -0.39 is 4.45 Å². The number of carbonyl (C=O) groups excluding carboxylic acids is 1. The fraction of sp³-hybridized carbons (Fsp3) is 0. The van der Waals surface area contributed by atoms with E-state index in [9.17, 15) is 4.79 Å². The standard InChI is InChI=1S/C8H6N2.CH2OS2/c1-2-4-8-7(3-1)9-5-6-10-8;2-1(3)4/h1-6H;(H2,2,3,4). The number of nitrogens with zero attached hydrogens (tertiary/aromatic N) is 2. The molecule has 0 saturated heterocycles. The Morgan fingerprint density at radius 2 is 1.36 bits per heavy atom. The molecule has 1 aromatic heterocycles. The highest BCUT2D eigenvalue weighted by Gasteiger charge is 1.88. The van der Waals surface area contributed by atoms with Crippen LogP contribution in [0.25, 0.3) is 11.0 Å². The third-order valence-electron chi connectivity index (χ3n) is 1.38. The fourth-order valence-corrected chi connectivity index (χ4v) is 0.910. The molecular formula is C9H8N2OS2. The lowest BCUT2D eigenvalue weighted by molar-refractivity contribution is 0.277. The molecule has 0 saturated carbocycles. The van der Waals surface area contributed by atoms with Gasteiger partial charge in [0, 0.05) is 12.4 Å². The van der Waals surface area contributed by atoms with Crippen molar-refractivity contribution in [3.63, 3.8) is 0 Å². The zero-order chi connectivity index (χ0) is 10.4. The predicted octanol–water partition coefficient (Wildman–Crippen LogP) is 2.60. The minimum absolute atomic E-state index is 0.444. The van der Waals surface area contributed by atoms with E-state index in [-0.39, 0.29) is 0 Å². The summed E-state index contributed by atoms with van der Waals surface area (Å²) in [7, 11) is 0. The van der Waals surface area contributed by atoms with Gasteiger partial charge in [-0.2, -0.15) is 0 Å². The van der Waals surface area contributed by atoms with Gasteiger partial charge in [-0.3, -0.25) is 14.8 Å². The van der Waals surface area contributed by atoms with Crippen LogP contribution in [-0.4, -0.2) is 14.4 Å². The lowest BCUT2D eigenvalue weighted by Crippen LogP contribution is -1.78. The van der Waals surface area contributed by atoms with Crippen LogP contribution in [0.2, 0.25) is 0 Å². The monoisotopic (exact) mass is 224 g/mol. The van der Waals surface area contributed by atoms with Crippen LogP contribution in [0.1, 0.15) is 0 Å². The second-order valence-electron chi connectivity index (χ2n) is 2.33. The van der Waals surface area contributed by atoms with Gasteiger partial charge in [-0.1, -0.05) is 37.4 Å². The van der Waals surface area contributed by atoms with Crippen LogP contribution in [0.4, 0.5) is 4.79 Å². The molecule has 0 unspecified atom stereocenters. The average molecular weight is 224 g/mol. The first-order valence-electron chi connectivity index (χ1n) is 3.78. The molecule has 0 atom stereocenters. The predicted molar refractivity (Wildman–Crippen MR) is 62.9 cm³/mol. The number of thiol groups is 2. The topological polar surface area (TPSA) is 42.9 Å². The van der Waals surface area contributed by atoms with Crippen LogP contribution in [0.5, 0.6) is 0 Å². The van der Waals surface area contributed by atoms with Crippen molar-refractivity contribution in [1.82, 2.24) is 9.97 Å². The molecule has 0 aliphatic heterocycles. The van der Waals surface area contributed by atoms with Gasteiger partial charge in [0.2, 0.25) is 4.45 Å². The Hall–Kier alpha value is -1.07. The summed E-state index contributed by atoms with van der Waals surface area (Å²) in [6.07, 6.45) is 3.39. The Balaban J connectivity index is 0.000000213. The van der Waals surface area contributed by atoms with Crippen molar-refractivity contribution in [2.45, 2.75) is 0 Å². The molecule has 0 radical (unpaired) electrons. The molecule has 2 aromatic rings. The summed E-state index contributed by atoms with van der Waals surface area (Å²) in [6, 6.07) is 7.80. The van der Waals surface area contributed by atoms with Crippen molar-refractivity contribution in [3.05, 3.63) is 36.7 Å². The number of para-hydroxylation sites is 2. The number of hydrogen-bond donors (Lipinski definition) is 2. The Kier molecular flexibility index (Phi) is 4.42. The first-order chi connectivity index (χ1) is 6.70. The summed E-state index contributed by atoms with van der Waals surface area (Å²) in [4.78, 5) is 17.4. The Morgan fingerprint density at radius 1 is 1.00 bits per heavy atom. The van der Waals surface area contributed by atoms with Crippen molar-refractivity contribution in [3.8, 4) is 0 Å². The zero-order valence-corrected chi connectivity index (χ0v) is 8.95. The Labute approximate surface area is 92.4 Å². The van der Waals surface area contributed by atoms with Gasteiger partial charge in [-0.15, -0.1) is 0 Å². The summed E-state index contributed by atoms with van der Waals surface area (Å²) in [6.45, 7) is 0. The van der Waals surface area contributed by atoms with E-state index in [0.29, 0.717) is 0 Å². The Bertz CT molecular complexity index is 364. The number of rotatable bonds is 0. The lowest BCUT2D eigenvalue weighted by Gasteiger charge is -1.90. The van der Waals surface area contributed by atoms with Crippen LogP contribution in [0.3, 0.4) is 0 Å². The van der Waals surface area contributed by atoms with E-state index in [1.54, 1.807) is 12.4 Å². The number of benzene rings is 1. The molecule has 0 spiro atoms. The van der Waals surface area contributed by atoms with Gasteiger partial charge >= 0.3 is 0 Å². The number of carbonyl (C=O) groups is 1. The average Bonchev–Trinajstić information content (AvgIpc) is 2.17. The molecule has 0 aliphatic carbocycles. The van der Waals surface area contributed by atoms with E-state index >= 15 is 0 Å². The van der Waals surface area contributed by atoms with Crippen molar-refractivity contribution < 1.29 is 4.79 Å². The summed E-state index contributed by atoms with van der Waals surface area (Å²) in [5, 5.41) is 0. The highest BCUT2D eigenvalue weighted by atomic mass is 32.2. The van der Waals surface area contributed by atoms with Crippen LogP contribution in [0.15, 0.2) is 36.7 Å². The molecule has 1 aromatic carbocycles. The molecule has 0 N–H and O–H groups in total. The first-order valence-corrected chi connectivity index (χ1v) is 4.67. The van der Waals surface area contributed by atoms with Gasteiger partial charge < -0.3 is 0 Å². The van der Waals surface area contributed by atoms with Gasteiger partial charge in [0.15, 0.2) is 0 Å². The quantitative estimate of drug-likeness (QED) is 0.676. The molecule has 1 heterocycles. The third kappa shape index (κ3) is 3.76. The van der Waals surface area contributed by atoms with Crippen molar-refractivity contribution in [2.75, 3.05) is 0 Å². The highest BCUT2D eigenvalue weighted by molar-refractivity contribution is 8.23. The van der Waals surface area contributed by atoms with Crippen molar-refractivity contribution >= 4 is 40.7 Å². The highest BCUT2D eigenvalue weighted by Crippen LogP contribution is 2.04. The second kappa shape index (κ2) is 5.62. The summed E-state index contributed by atoms with van der Waals surface area (Å²) in [5.74, 6) is 0. The largest absolute Gasteiger partial charge is 0.275 e. The number of fused-ring (bicyclic) bond motifs is 1. The molecule has 5 heteroatoms. The molecule has 3 nitrogen and oxygen atoms in total. The Morgan fingerprint density at radius 3 is 1.71 bits per heavy atom. The van der Waals surface area contributed by atoms with Crippen LogP contribution in [0, 0.1) is 0 Å². The summed E-state index contributed by atoms with van der Waals surface area (Å²) in [5.41, 5.74) is 1.90. The maximum absolute atomic E-state index is 9.17. The molecule has 0 aliphatic rings. The van der Waals surface area contributed by atoms with E-state index in [4.69, 9.17) is 0 Å². The fourth-order valence-electron chi connectivity index (χ4n) is 0.910. The molecule has 72 valence electrons. The molecule has 0 amide bonds. The van der Waals surface area contributed by atoms with E-state index in [1.807, 2.05) is 24.3 Å². The summed E-state index contributed by atoms with van der Waals surface area (Å²) >= 11 is 6.38. The van der Waals surface area contributed by atoms with E-state index in [1.165, 1.54) is 0 Å². The van der Waals surface area contributed by atoms with Gasteiger partial charge in [-0.25, -0.2) is 0 Å². The first kappa shape index (κ1) is 11.0. The number of aromatic nitrogens is 2. The van der Waals surface area contributed by atoms with Gasteiger partial charge in [-0.05, 0) is 12.1 Å². The van der Waals surface area contributed by atoms with Crippen molar-refractivity contribution in [2.24, 2.45) is 0 Å². The van der Waals surface area contributed by atoms with E-state index in [2.05, 4.69) is 35.2 Å². The minimum Gasteiger partial charge on any atom is -0.275 e. The maximum atomic E-state index is 9.17. The second-order valence-corrected chi connectivity index (χ2v) is 3.49. The third-order valence-corrected chi connectivity index (χ3v) is 1.38. The van der Waals surface area contributed by atoms with Crippen LogP contribution in [-0.2, 0) is 0 Å². The van der Waals surface area contributed by atoms with Gasteiger partial charge in [0.1, 0.15) is 0 Å². The molecular weight excluding hydrogens is 216 g/mol.